The number of nitrogens with one attached hydrogen (secondary N) is 1. The van der Waals surface area contributed by atoms with Crippen molar-refractivity contribution in [3.8, 4) is 17.6 Å². The van der Waals surface area contributed by atoms with Crippen molar-refractivity contribution in [3.05, 3.63) is 128 Å². The fourth-order valence-electron chi connectivity index (χ4n) is 7.34. The molecule has 0 aliphatic carbocycles. The number of aromatic nitrogens is 2. The second kappa shape index (κ2) is 20.1. The Morgan fingerprint density at radius 1 is 0.879 bits per heavy atom. The molecule has 0 amide bonds. The molecule has 3 aromatic carbocycles. The molecule has 14 heteroatoms. The van der Waals surface area contributed by atoms with Gasteiger partial charge in [-0.15, -0.1) is 0 Å². The van der Waals surface area contributed by atoms with Crippen molar-refractivity contribution >= 4 is 8.53 Å². The van der Waals surface area contributed by atoms with Crippen LogP contribution in [-0.4, -0.2) is 90.0 Å². The van der Waals surface area contributed by atoms with Gasteiger partial charge in [-0.3, -0.25) is 19.2 Å². The summed E-state index contributed by atoms with van der Waals surface area (Å²) in [5.41, 5.74) is -0.501. The maximum Gasteiger partial charge on any atom is 0.330 e. The SMILES string of the molecule is COc1ccc(C(OC[C@]2(COP(OCCC#N)N(C(C)C)C(C)C)CN(C(C)C)C[C@H](n3cc(C)c(=O)[nH]c3=O)O2)(c2ccccc2)c2ccc(OC)cc2)cc1. The van der Waals surface area contributed by atoms with Gasteiger partial charge in [0.15, 0.2) is 6.23 Å². The van der Waals surface area contributed by atoms with Crippen LogP contribution in [0.4, 0.5) is 0 Å². The van der Waals surface area contributed by atoms with E-state index in [1.807, 2.05) is 78.9 Å². The average molecular weight is 816 g/mol. The number of ether oxygens (including phenoxy) is 4. The van der Waals surface area contributed by atoms with Gasteiger partial charge in [-0.2, -0.15) is 5.26 Å². The van der Waals surface area contributed by atoms with Crippen LogP contribution in [0.1, 0.15) is 76.4 Å². The first kappa shape index (κ1) is 44.7. The third-order valence-electron chi connectivity index (χ3n) is 10.3. The molecule has 13 nitrogen and oxygen atoms in total. The molecule has 5 rings (SSSR count). The zero-order valence-electron chi connectivity index (χ0n) is 35.1. The van der Waals surface area contributed by atoms with Crippen molar-refractivity contribution in [1.29, 1.82) is 5.26 Å². The molecule has 1 unspecified atom stereocenters. The van der Waals surface area contributed by atoms with Crippen molar-refractivity contribution in [2.75, 3.05) is 47.1 Å². The predicted octanol–water partition coefficient (Wildman–Crippen LogP) is 7.14. The number of H-pyrrole nitrogens is 1. The van der Waals surface area contributed by atoms with Crippen LogP contribution in [0.5, 0.6) is 11.5 Å². The minimum Gasteiger partial charge on any atom is -0.497 e. The van der Waals surface area contributed by atoms with Gasteiger partial charge < -0.3 is 28.0 Å². The third kappa shape index (κ3) is 10.2. The van der Waals surface area contributed by atoms with E-state index < -0.39 is 37.2 Å². The lowest BCUT2D eigenvalue weighted by molar-refractivity contribution is -0.231. The molecular formula is C44H58N5O8P. The van der Waals surface area contributed by atoms with Crippen LogP contribution in [0, 0.1) is 18.3 Å². The predicted molar refractivity (Wildman–Crippen MR) is 225 cm³/mol. The molecule has 312 valence electrons. The molecule has 1 fully saturated rings. The molecule has 58 heavy (non-hydrogen) atoms. The second-order valence-corrected chi connectivity index (χ2v) is 16.8. The summed E-state index contributed by atoms with van der Waals surface area (Å²) < 4.78 is 42.7. The van der Waals surface area contributed by atoms with Crippen LogP contribution in [-0.2, 0) is 24.1 Å². The first-order valence-electron chi connectivity index (χ1n) is 19.7. The Morgan fingerprint density at radius 3 is 1.97 bits per heavy atom. The average Bonchev–Trinajstić information content (AvgIpc) is 3.22. The number of aryl methyl sites for hydroxylation is 1. The van der Waals surface area contributed by atoms with Crippen molar-refractivity contribution in [3.63, 3.8) is 0 Å². The lowest BCUT2D eigenvalue weighted by Crippen LogP contribution is -2.61. The molecule has 1 aliphatic rings. The molecule has 2 heterocycles. The molecule has 3 atom stereocenters. The molecule has 0 spiro atoms. The van der Waals surface area contributed by atoms with E-state index in [9.17, 15) is 14.9 Å². The number of morpholine rings is 1. The van der Waals surface area contributed by atoms with E-state index in [0.717, 1.165) is 16.7 Å². The quantitative estimate of drug-likeness (QED) is 0.0587. The highest BCUT2D eigenvalue weighted by Crippen LogP contribution is 2.48. The molecule has 1 aliphatic heterocycles. The topological polar surface area (TPSA) is 141 Å². The number of aromatic amines is 1. The van der Waals surface area contributed by atoms with E-state index in [1.165, 1.54) is 4.57 Å². The minimum absolute atomic E-state index is 0.00803. The third-order valence-corrected chi connectivity index (χ3v) is 12.3. The Hall–Kier alpha value is -4.38. The fourth-order valence-corrected chi connectivity index (χ4v) is 9.03. The van der Waals surface area contributed by atoms with Crippen molar-refractivity contribution in [1.82, 2.24) is 19.1 Å². The Labute approximate surface area is 343 Å². The van der Waals surface area contributed by atoms with Gasteiger partial charge >= 0.3 is 5.69 Å². The number of methoxy groups -OCH3 is 2. The number of rotatable bonds is 19. The second-order valence-electron chi connectivity index (χ2n) is 15.4. The van der Waals surface area contributed by atoms with Gasteiger partial charge in [0, 0.05) is 43.0 Å². The molecule has 0 radical (unpaired) electrons. The minimum atomic E-state index is -1.68. The lowest BCUT2D eigenvalue weighted by Gasteiger charge is -2.49. The highest BCUT2D eigenvalue weighted by atomic mass is 31.2. The van der Waals surface area contributed by atoms with Gasteiger partial charge in [0.2, 0.25) is 0 Å². The van der Waals surface area contributed by atoms with E-state index in [-0.39, 0.29) is 44.4 Å². The zero-order valence-corrected chi connectivity index (χ0v) is 36.0. The van der Waals surface area contributed by atoms with Crippen LogP contribution < -0.4 is 20.7 Å². The maximum absolute atomic E-state index is 13.5. The van der Waals surface area contributed by atoms with E-state index in [1.54, 1.807) is 27.3 Å². The molecule has 1 N–H and O–H groups in total. The number of nitrogens with zero attached hydrogens (tertiary/aromatic N) is 4. The fraction of sp³-hybridized carbons (Fsp3) is 0.477. The van der Waals surface area contributed by atoms with Gasteiger partial charge in [0.25, 0.3) is 14.1 Å². The first-order chi connectivity index (χ1) is 27.8. The normalized spacial score (nSPS) is 18.2. The Morgan fingerprint density at radius 2 is 1.45 bits per heavy atom. The van der Waals surface area contributed by atoms with Crippen molar-refractivity contribution in [2.45, 2.75) is 90.4 Å². The van der Waals surface area contributed by atoms with E-state index in [2.05, 4.69) is 62.2 Å². The van der Waals surface area contributed by atoms with Crippen molar-refractivity contribution in [2.24, 2.45) is 0 Å². The van der Waals surface area contributed by atoms with Crippen LogP contribution in [0.15, 0.2) is 94.6 Å². The van der Waals surface area contributed by atoms with E-state index in [0.29, 0.717) is 30.2 Å². The van der Waals surface area contributed by atoms with Crippen LogP contribution in [0.3, 0.4) is 0 Å². The monoisotopic (exact) mass is 815 g/mol. The standard InChI is InChI=1S/C44H58N5O8P/c1-31(2)47-27-40(48-26-34(7)41(50)46-42(48)51)57-43(28-47,30-56-58(55-25-13-24-45)49(32(3)4)33(5)6)29-54-44(35-14-11-10-12-15-35,36-16-20-38(52-8)21-17-36)37-18-22-39(53-9)23-19-37/h10-12,14-23,26,31-33,40H,13,25,27-30H2,1-9H3,(H,46,50,51)/t40-,43+,58?/m1/s1. The molecule has 0 bridgehead atoms. The molecule has 0 saturated carbocycles. The number of benzene rings is 3. The molecule has 4 aromatic rings. The largest absolute Gasteiger partial charge is 0.497 e. The van der Waals surface area contributed by atoms with Gasteiger partial charge in [0.05, 0.1) is 46.5 Å². The zero-order chi connectivity index (χ0) is 42.0. The Bertz CT molecular complexity index is 2010. The van der Waals surface area contributed by atoms with Crippen LogP contribution >= 0.6 is 8.53 Å². The highest BCUT2D eigenvalue weighted by Gasteiger charge is 2.48. The number of nitriles is 1. The van der Waals surface area contributed by atoms with Crippen LogP contribution in [0.25, 0.3) is 0 Å². The van der Waals surface area contributed by atoms with Crippen LogP contribution in [0.2, 0.25) is 0 Å². The molecule has 1 saturated heterocycles. The summed E-state index contributed by atoms with van der Waals surface area (Å²) in [5, 5.41) is 9.39. The summed E-state index contributed by atoms with van der Waals surface area (Å²) in [6.45, 7) is 15.1. The molecule has 1 aromatic heterocycles. The summed E-state index contributed by atoms with van der Waals surface area (Å²) >= 11 is 0. The van der Waals surface area contributed by atoms with E-state index in [4.69, 9.17) is 28.0 Å². The van der Waals surface area contributed by atoms with Gasteiger partial charge in [0.1, 0.15) is 22.7 Å². The van der Waals surface area contributed by atoms with Gasteiger partial charge in [-0.25, -0.2) is 9.46 Å². The van der Waals surface area contributed by atoms with Gasteiger partial charge in [-0.1, -0.05) is 54.6 Å². The lowest BCUT2D eigenvalue weighted by atomic mass is 9.79. The summed E-state index contributed by atoms with van der Waals surface area (Å²) in [5.74, 6) is 1.39. The summed E-state index contributed by atoms with van der Waals surface area (Å²) in [6, 6.07) is 28.0. The van der Waals surface area contributed by atoms with Crippen molar-refractivity contribution < 1.29 is 28.0 Å². The summed E-state index contributed by atoms with van der Waals surface area (Å²) in [7, 11) is 1.58. The van der Waals surface area contributed by atoms with E-state index >= 15 is 0 Å². The smallest absolute Gasteiger partial charge is 0.330 e. The molecular weight excluding hydrogens is 757 g/mol. The summed E-state index contributed by atoms with van der Waals surface area (Å²) in [6.07, 6.45) is 0.928. The highest BCUT2D eigenvalue weighted by molar-refractivity contribution is 7.44. The maximum atomic E-state index is 13.5. The number of hydrogen-bond acceptors (Lipinski definition) is 11. The van der Waals surface area contributed by atoms with Gasteiger partial charge in [-0.05, 0) is 89.4 Å². The first-order valence-corrected chi connectivity index (χ1v) is 20.8. The Kier molecular flexibility index (Phi) is 15.5. The summed E-state index contributed by atoms with van der Waals surface area (Å²) in [4.78, 5) is 30.7. The Balaban J connectivity index is 1.71. The number of hydrogen-bond donors (Lipinski definition) is 1.